The predicted octanol–water partition coefficient (Wildman–Crippen LogP) is 1.16. The molecule has 2 N–H and O–H groups in total. The molecule has 0 amide bonds. The van der Waals surface area contributed by atoms with Crippen LogP contribution in [-0.4, -0.2) is 27.6 Å². The third-order valence-corrected chi connectivity index (χ3v) is 4.59. The lowest BCUT2D eigenvalue weighted by Gasteiger charge is -2.26. The molecule has 1 unspecified atom stereocenters. The van der Waals surface area contributed by atoms with Gasteiger partial charge in [0.25, 0.3) is 6.02 Å². The number of nitrogens with zero attached hydrogens (tertiary/aromatic N) is 1. The van der Waals surface area contributed by atoms with E-state index in [0.29, 0.717) is 6.61 Å². The van der Waals surface area contributed by atoms with Crippen LogP contribution in [0.4, 0.5) is 0 Å². The third-order valence-electron chi connectivity index (χ3n) is 4.59. The molecule has 5 heteroatoms. The third kappa shape index (κ3) is 2.56. The van der Waals surface area contributed by atoms with Gasteiger partial charge in [-0.15, -0.1) is 0 Å². The summed E-state index contributed by atoms with van der Waals surface area (Å²) < 4.78 is 10.9. The zero-order valence-corrected chi connectivity index (χ0v) is 14.0. The molecule has 1 aliphatic heterocycles. The van der Waals surface area contributed by atoms with E-state index in [1.165, 1.54) is 11.0 Å². The first-order valence-corrected chi connectivity index (χ1v) is 7.67. The molecule has 4 nitrogen and oxygen atoms in total. The molecule has 1 heterocycles. The Kier molecular flexibility index (Phi) is 3.80. The van der Waals surface area contributed by atoms with Gasteiger partial charge in [-0.1, -0.05) is 35.3 Å². The summed E-state index contributed by atoms with van der Waals surface area (Å²) >= 11 is 0. The Morgan fingerprint density at radius 1 is 1.13 bits per heavy atom. The van der Waals surface area contributed by atoms with Gasteiger partial charge in [-0.25, -0.2) is 4.99 Å². The summed E-state index contributed by atoms with van der Waals surface area (Å²) in [6.45, 7) is 4.54. The number of amidine groups is 1. The van der Waals surface area contributed by atoms with Crippen LogP contribution in [0.3, 0.4) is 0 Å². The number of aliphatic imine (C=N–C) groups is 1. The van der Waals surface area contributed by atoms with E-state index in [1.807, 2.05) is 19.1 Å². The van der Waals surface area contributed by atoms with Crippen molar-refractivity contribution in [3.8, 4) is 5.75 Å². The van der Waals surface area contributed by atoms with Crippen LogP contribution in [0.25, 0.3) is 0 Å². The van der Waals surface area contributed by atoms with Crippen molar-refractivity contribution in [3.05, 3.63) is 58.7 Å². The summed E-state index contributed by atoms with van der Waals surface area (Å²) in [5, 5.41) is 0. The van der Waals surface area contributed by atoms with Gasteiger partial charge in [-0.05, 0) is 42.7 Å². The number of benzene rings is 2. The standard InChI is InChI=1S/C18H21BN2O2/c1-11-4-5-14(9-15(11)19)18(10-23-17(20)21-18)13-6-7-16(22-3)12(2)8-13/h4-9H,10,19H2,1-3H3,(H2,20,21). The monoisotopic (exact) mass is 308 g/mol. The van der Waals surface area contributed by atoms with E-state index in [4.69, 9.17) is 15.2 Å². The van der Waals surface area contributed by atoms with Gasteiger partial charge in [0.15, 0.2) is 0 Å². The second-order valence-electron chi connectivity index (χ2n) is 6.08. The van der Waals surface area contributed by atoms with Crippen molar-refractivity contribution in [2.24, 2.45) is 10.7 Å². The molecule has 1 aliphatic rings. The second-order valence-corrected chi connectivity index (χ2v) is 6.08. The van der Waals surface area contributed by atoms with Gasteiger partial charge in [0.1, 0.15) is 25.7 Å². The maximum absolute atomic E-state index is 5.85. The minimum absolute atomic E-state index is 0.233. The normalized spacial score (nSPS) is 20.0. The highest BCUT2D eigenvalue weighted by atomic mass is 16.5. The van der Waals surface area contributed by atoms with Gasteiger partial charge < -0.3 is 15.2 Å². The zero-order valence-electron chi connectivity index (χ0n) is 14.0. The minimum atomic E-state index is -0.598. The minimum Gasteiger partial charge on any atom is -0.496 e. The molecule has 0 bridgehead atoms. The lowest BCUT2D eigenvalue weighted by Crippen LogP contribution is -2.29. The van der Waals surface area contributed by atoms with Crippen LogP contribution < -0.4 is 15.9 Å². The zero-order chi connectivity index (χ0) is 16.6. The van der Waals surface area contributed by atoms with Gasteiger partial charge in [-0.3, -0.25) is 0 Å². The van der Waals surface area contributed by atoms with Crippen LogP contribution in [0.1, 0.15) is 22.3 Å². The average molecular weight is 308 g/mol. The topological polar surface area (TPSA) is 56.8 Å². The van der Waals surface area contributed by atoms with Crippen LogP contribution >= 0.6 is 0 Å². The smallest absolute Gasteiger partial charge is 0.283 e. The van der Waals surface area contributed by atoms with E-state index in [-0.39, 0.29) is 6.02 Å². The van der Waals surface area contributed by atoms with E-state index in [9.17, 15) is 0 Å². The van der Waals surface area contributed by atoms with Gasteiger partial charge >= 0.3 is 0 Å². The van der Waals surface area contributed by atoms with Gasteiger partial charge in [0.05, 0.1) is 7.11 Å². The van der Waals surface area contributed by atoms with Crippen molar-refractivity contribution >= 4 is 19.3 Å². The molecule has 0 spiro atoms. The molecule has 2 aromatic carbocycles. The molecule has 118 valence electrons. The number of hydrogen-bond acceptors (Lipinski definition) is 4. The predicted molar refractivity (Wildman–Crippen MR) is 95.4 cm³/mol. The molecule has 23 heavy (non-hydrogen) atoms. The van der Waals surface area contributed by atoms with Crippen LogP contribution in [0.2, 0.25) is 0 Å². The highest BCUT2D eigenvalue weighted by Crippen LogP contribution is 2.38. The van der Waals surface area contributed by atoms with Crippen molar-refractivity contribution in [3.63, 3.8) is 0 Å². The van der Waals surface area contributed by atoms with Crippen LogP contribution in [-0.2, 0) is 10.3 Å². The highest BCUT2D eigenvalue weighted by Gasteiger charge is 2.40. The summed E-state index contributed by atoms with van der Waals surface area (Å²) in [5.74, 6) is 0.861. The molecule has 0 saturated heterocycles. The summed E-state index contributed by atoms with van der Waals surface area (Å²) in [6.07, 6.45) is 0. The Labute approximate surface area is 137 Å². The Morgan fingerprint density at radius 3 is 2.39 bits per heavy atom. The lowest BCUT2D eigenvalue weighted by atomic mass is 9.79. The van der Waals surface area contributed by atoms with Crippen LogP contribution in [0.15, 0.2) is 41.4 Å². The fourth-order valence-corrected chi connectivity index (χ4v) is 3.03. The van der Waals surface area contributed by atoms with Crippen molar-refractivity contribution in [2.75, 3.05) is 13.7 Å². The molecule has 1 atom stereocenters. The van der Waals surface area contributed by atoms with Crippen molar-refractivity contribution in [1.82, 2.24) is 0 Å². The summed E-state index contributed by atoms with van der Waals surface area (Å²) in [4.78, 5) is 4.66. The largest absolute Gasteiger partial charge is 0.496 e. The highest BCUT2D eigenvalue weighted by molar-refractivity contribution is 6.33. The number of hydrogen-bond donors (Lipinski definition) is 1. The Morgan fingerprint density at radius 2 is 1.83 bits per heavy atom. The van der Waals surface area contributed by atoms with Crippen LogP contribution in [0.5, 0.6) is 5.75 Å². The molecular formula is C18H21BN2O2. The molecule has 2 aromatic rings. The number of aryl methyl sites for hydroxylation is 2. The van der Waals surface area contributed by atoms with Crippen molar-refractivity contribution < 1.29 is 9.47 Å². The first-order valence-electron chi connectivity index (χ1n) is 7.67. The first-order chi connectivity index (χ1) is 11.0. The molecule has 3 rings (SSSR count). The van der Waals surface area contributed by atoms with Crippen LogP contribution in [0, 0.1) is 13.8 Å². The lowest BCUT2D eigenvalue weighted by molar-refractivity contribution is 0.278. The number of nitrogens with two attached hydrogens (primary N) is 1. The number of methoxy groups -OCH3 is 1. The first kappa shape index (κ1) is 15.5. The maximum atomic E-state index is 5.85. The molecule has 0 aromatic heterocycles. The Bertz CT molecular complexity index is 789. The molecular weight excluding hydrogens is 287 g/mol. The number of rotatable bonds is 3. The second kappa shape index (κ2) is 5.65. The van der Waals surface area contributed by atoms with E-state index in [2.05, 4.69) is 44.0 Å². The van der Waals surface area contributed by atoms with Gasteiger partial charge in [0, 0.05) is 0 Å². The van der Waals surface area contributed by atoms with Gasteiger partial charge in [-0.2, -0.15) is 0 Å². The average Bonchev–Trinajstić information content (AvgIpc) is 2.93. The molecule has 0 radical (unpaired) electrons. The fourth-order valence-electron chi connectivity index (χ4n) is 3.03. The summed E-state index contributed by atoms with van der Waals surface area (Å²) in [5.41, 5.74) is 10.9. The molecule has 0 aliphatic carbocycles. The Hall–Kier alpha value is -2.43. The van der Waals surface area contributed by atoms with Crippen molar-refractivity contribution in [2.45, 2.75) is 19.4 Å². The SMILES string of the molecule is Bc1cc(C2(c3ccc(OC)c(C)c3)COC(N)=N2)ccc1C. The van der Waals surface area contributed by atoms with E-state index in [0.717, 1.165) is 22.4 Å². The maximum Gasteiger partial charge on any atom is 0.283 e. The molecule has 0 fully saturated rings. The quantitative estimate of drug-likeness (QED) is 0.866. The summed E-state index contributed by atoms with van der Waals surface area (Å²) in [7, 11) is 3.78. The van der Waals surface area contributed by atoms with Crippen molar-refractivity contribution in [1.29, 1.82) is 0 Å². The van der Waals surface area contributed by atoms with E-state index >= 15 is 0 Å². The van der Waals surface area contributed by atoms with E-state index in [1.54, 1.807) is 7.11 Å². The van der Waals surface area contributed by atoms with E-state index < -0.39 is 5.54 Å². The fraction of sp³-hybridized carbons (Fsp3) is 0.278. The number of ether oxygens (including phenoxy) is 2. The summed E-state index contributed by atoms with van der Waals surface area (Å²) in [6, 6.07) is 12.7. The Balaban J connectivity index is 2.18. The van der Waals surface area contributed by atoms with Gasteiger partial charge in [0.2, 0.25) is 0 Å². The molecule has 0 saturated carbocycles.